The Labute approximate surface area is 209 Å². The van der Waals surface area contributed by atoms with Gasteiger partial charge in [-0.2, -0.15) is 0 Å². The SMILES string of the molecule is CCCCc1ccc(NC(=O)Nc2[nH]c(Cc3ccc(C(=O)N4CCCCC4)o3)nc2NC=O)cc1. The first-order valence-electron chi connectivity index (χ1n) is 12.4. The molecule has 1 saturated heterocycles. The largest absolute Gasteiger partial charge is 0.455 e. The fourth-order valence-electron chi connectivity index (χ4n) is 4.17. The molecule has 10 nitrogen and oxygen atoms in total. The Morgan fingerprint density at radius 2 is 1.86 bits per heavy atom. The van der Waals surface area contributed by atoms with Crippen LogP contribution in [0, 0.1) is 0 Å². The van der Waals surface area contributed by atoms with Crippen molar-refractivity contribution in [3.8, 4) is 0 Å². The first-order valence-corrected chi connectivity index (χ1v) is 12.4. The lowest BCUT2D eigenvalue weighted by atomic mass is 10.1. The second-order valence-electron chi connectivity index (χ2n) is 8.84. The van der Waals surface area contributed by atoms with E-state index in [1.54, 1.807) is 12.1 Å². The van der Waals surface area contributed by atoms with E-state index in [1.807, 2.05) is 29.2 Å². The second-order valence-corrected chi connectivity index (χ2v) is 8.84. The van der Waals surface area contributed by atoms with E-state index >= 15 is 0 Å². The number of benzene rings is 1. The number of unbranched alkanes of at least 4 members (excludes halogenated alkanes) is 1. The van der Waals surface area contributed by atoms with Crippen molar-refractivity contribution in [2.24, 2.45) is 0 Å². The van der Waals surface area contributed by atoms with Crippen molar-refractivity contribution in [1.82, 2.24) is 14.9 Å². The molecule has 36 heavy (non-hydrogen) atoms. The van der Waals surface area contributed by atoms with Crippen LogP contribution in [0.2, 0.25) is 0 Å². The molecule has 10 heteroatoms. The Balaban J connectivity index is 1.38. The summed E-state index contributed by atoms with van der Waals surface area (Å²) in [4.78, 5) is 45.4. The number of hydrogen-bond donors (Lipinski definition) is 4. The Morgan fingerprint density at radius 1 is 1.08 bits per heavy atom. The van der Waals surface area contributed by atoms with Gasteiger partial charge in [-0.05, 0) is 61.9 Å². The maximum atomic E-state index is 12.7. The first kappa shape index (κ1) is 25.0. The third kappa shape index (κ3) is 6.53. The standard InChI is InChI=1S/C26H32N6O4/c1-2-3-7-18-8-10-19(11-9-18)28-26(35)31-24-23(27-17-33)29-22(30-24)16-20-12-13-21(36-20)25(34)32-14-5-4-6-15-32/h8-13,17H,2-7,14-16H2,1H3,(H,27,33)(H,29,30)(H2,28,31,35). The van der Waals surface area contributed by atoms with Crippen LogP contribution in [0.1, 0.15) is 66.7 Å². The molecule has 4 amide bonds. The van der Waals surface area contributed by atoms with Gasteiger partial charge in [0.05, 0.1) is 6.42 Å². The molecule has 190 valence electrons. The number of aromatic amines is 1. The van der Waals surface area contributed by atoms with Crippen molar-refractivity contribution in [2.45, 2.75) is 51.9 Å². The summed E-state index contributed by atoms with van der Waals surface area (Å²) in [7, 11) is 0. The highest BCUT2D eigenvalue weighted by Crippen LogP contribution is 2.22. The zero-order valence-corrected chi connectivity index (χ0v) is 20.4. The Hall–Kier alpha value is -4.08. The molecule has 1 aliphatic rings. The number of carbonyl (C=O) groups is 3. The average molecular weight is 493 g/mol. The number of carbonyl (C=O) groups excluding carboxylic acids is 3. The number of H-pyrrole nitrogens is 1. The van der Waals surface area contributed by atoms with E-state index in [2.05, 4.69) is 32.8 Å². The number of anilines is 3. The molecular weight excluding hydrogens is 460 g/mol. The van der Waals surface area contributed by atoms with E-state index in [1.165, 1.54) is 5.56 Å². The lowest BCUT2D eigenvalue weighted by Crippen LogP contribution is -2.35. The quantitative estimate of drug-likeness (QED) is 0.303. The number of hydrogen-bond acceptors (Lipinski definition) is 5. The number of aryl methyl sites for hydroxylation is 1. The molecule has 4 rings (SSSR count). The van der Waals surface area contributed by atoms with E-state index in [0.29, 0.717) is 29.4 Å². The topological polar surface area (TPSA) is 132 Å². The second kappa shape index (κ2) is 12.1. The number of piperidine rings is 1. The van der Waals surface area contributed by atoms with Crippen LogP contribution in [0.15, 0.2) is 40.8 Å². The summed E-state index contributed by atoms with van der Waals surface area (Å²) in [6.45, 7) is 3.64. The lowest BCUT2D eigenvalue weighted by molar-refractivity contribution is -0.105. The number of aromatic nitrogens is 2. The number of nitrogens with zero attached hydrogens (tertiary/aromatic N) is 2. The van der Waals surface area contributed by atoms with Crippen LogP contribution in [0.5, 0.6) is 0 Å². The summed E-state index contributed by atoms with van der Waals surface area (Å²) in [5.41, 5.74) is 1.87. The van der Waals surface area contributed by atoms with Gasteiger partial charge in [-0.1, -0.05) is 25.5 Å². The highest BCUT2D eigenvalue weighted by Gasteiger charge is 2.22. The van der Waals surface area contributed by atoms with E-state index in [9.17, 15) is 14.4 Å². The average Bonchev–Trinajstić information content (AvgIpc) is 3.51. The van der Waals surface area contributed by atoms with E-state index in [-0.39, 0.29) is 24.0 Å². The number of furan rings is 1. The summed E-state index contributed by atoms with van der Waals surface area (Å²) < 4.78 is 5.77. The van der Waals surface area contributed by atoms with Crippen LogP contribution in [-0.4, -0.2) is 46.3 Å². The third-order valence-corrected chi connectivity index (χ3v) is 6.08. The number of rotatable bonds is 10. The predicted octanol–water partition coefficient (Wildman–Crippen LogP) is 4.77. The van der Waals surface area contributed by atoms with Gasteiger partial charge in [0.2, 0.25) is 6.41 Å². The fraction of sp³-hybridized carbons (Fsp3) is 0.385. The summed E-state index contributed by atoms with van der Waals surface area (Å²) in [5, 5.41) is 7.95. The van der Waals surface area contributed by atoms with Crippen LogP contribution in [0.3, 0.4) is 0 Å². The van der Waals surface area contributed by atoms with E-state index < -0.39 is 6.03 Å². The minimum Gasteiger partial charge on any atom is -0.455 e. The van der Waals surface area contributed by atoms with Crippen LogP contribution in [-0.2, 0) is 17.6 Å². The van der Waals surface area contributed by atoms with Gasteiger partial charge in [-0.15, -0.1) is 0 Å². The van der Waals surface area contributed by atoms with Crippen molar-refractivity contribution in [3.05, 3.63) is 59.3 Å². The molecular formula is C26H32N6O4. The number of likely N-dealkylation sites (tertiary alicyclic amines) is 1. The van der Waals surface area contributed by atoms with Gasteiger partial charge in [-0.3, -0.25) is 14.9 Å². The minimum absolute atomic E-state index is 0.110. The molecule has 1 fully saturated rings. The molecule has 0 aliphatic carbocycles. The van der Waals surface area contributed by atoms with E-state index in [0.717, 1.165) is 51.6 Å². The van der Waals surface area contributed by atoms with Gasteiger partial charge < -0.3 is 24.9 Å². The predicted molar refractivity (Wildman–Crippen MR) is 137 cm³/mol. The molecule has 0 bridgehead atoms. The van der Waals surface area contributed by atoms with Gasteiger partial charge >= 0.3 is 6.03 Å². The molecule has 0 radical (unpaired) electrons. The number of imidazole rings is 1. The fourth-order valence-corrected chi connectivity index (χ4v) is 4.17. The Morgan fingerprint density at radius 3 is 2.58 bits per heavy atom. The van der Waals surface area contributed by atoms with Crippen LogP contribution < -0.4 is 16.0 Å². The smallest absolute Gasteiger partial charge is 0.324 e. The molecule has 3 aromatic rings. The highest BCUT2D eigenvalue weighted by atomic mass is 16.4. The minimum atomic E-state index is -0.479. The van der Waals surface area contributed by atoms with Crippen molar-refractivity contribution < 1.29 is 18.8 Å². The van der Waals surface area contributed by atoms with Gasteiger partial charge in [0.25, 0.3) is 5.91 Å². The highest BCUT2D eigenvalue weighted by molar-refractivity contribution is 6.01. The molecule has 0 unspecified atom stereocenters. The van der Waals surface area contributed by atoms with Crippen molar-refractivity contribution in [1.29, 1.82) is 0 Å². The number of nitrogens with one attached hydrogen (secondary N) is 4. The zero-order chi connectivity index (χ0) is 25.3. The summed E-state index contributed by atoms with van der Waals surface area (Å²) in [6.07, 6.45) is 7.15. The third-order valence-electron chi connectivity index (χ3n) is 6.08. The van der Waals surface area contributed by atoms with Gasteiger partial charge in [0, 0.05) is 18.8 Å². The normalized spacial score (nSPS) is 13.3. The summed E-state index contributed by atoms with van der Waals surface area (Å²) in [5.74, 6) is 1.61. The van der Waals surface area contributed by atoms with Crippen LogP contribution in [0.25, 0.3) is 0 Å². The van der Waals surface area contributed by atoms with Crippen LogP contribution >= 0.6 is 0 Å². The molecule has 0 saturated carbocycles. The van der Waals surface area contributed by atoms with Crippen molar-refractivity contribution in [2.75, 3.05) is 29.0 Å². The maximum absolute atomic E-state index is 12.7. The zero-order valence-electron chi connectivity index (χ0n) is 20.4. The molecule has 1 aromatic carbocycles. The van der Waals surface area contributed by atoms with E-state index in [4.69, 9.17) is 4.42 Å². The van der Waals surface area contributed by atoms with Gasteiger partial charge in [0.15, 0.2) is 17.4 Å². The molecule has 4 N–H and O–H groups in total. The Bertz CT molecular complexity index is 1180. The number of amides is 4. The van der Waals surface area contributed by atoms with Crippen LogP contribution in [0.4, 0.5) is 22.1 Å². The molecule has 1 aliphatic heterocycles. The molecule has 3 heterocycles. The van der Waals surface area contributed by atoms with Gasteiger partial charge in [0.1, 0.15) is 11.6 Å². The molecule has 0 atom stereocenters. The lowest BCUT2D eigenvalue weighted by Gasteiger charge is -2.25. The first-order chi connectivity index (χ1) is 17.6. The van der Waals surface area contributed by atoms with Crippen molar-refractivity contribution in [3.63, 3.8) is 0 Å². The van der Waals surface area contributed by atoms with Gasteiger partial charge in [-0.25, -0.2) is 9.78 Å². The monoisotopic (exact) mass is 492 g/mol. The summed E-state index contributed by atoms with van der Waals surface area (Å²) >= 11 is 0. The molecule has 2 aromatic heterocycles. The number of urea groups is 1. The molecule has 0 spiro atoms. The summed E-state index contributed by atoms with van der Waals surface area (Å²) in [6, 6.07) is 10.6. The Kier molecular flexibility index (Phi) is 8.38. The maximum Gasteiger partial charge on any atom is 0.324 e. The van der Waals surface area contributed by atoms with Crippen molar-refractivity contribution >= 4 is 35.7 Å².